The molecule has 26 heavy (non-hydrogen) atoms. The first-order valence-corrected chi connectivity index (χ1v) is 8.86. The van der Waals surface area contributed by atoms with Crippen LogP contribution in [0.4, 0.5) is 0 Å². The van der Waals surface area contributed by atoms with E-state index in [-0.39, 0.29) is 24.0 Å². The van der Waals surface area contributed by atoms with Crippen molar-refractivity contribution in [2.75, 3.05) is 27.7 Å². The maximum absolute atomic E-state index is 6.01. The lowest BCUT2D eigenvalue weighted by Crippen LogP contribution is -2.37. The summed E-state index contributed by atoms with van der Waals surface area (Å²) in [5.41, 5.74) is 3.77. The minimum Gasteiger partial charge on any atom is -0.356 e. The van der Waals surface area contributed by atoms with Crippen molar-refractivity contribution in [3.8, 4) is 0 Å². The Morgan fingerprint density at radius 1 is 1.00 bits per heavy atom. The molecule has 0 unspecified atom stereocenters. The van der Waals surface area contributed by atoms with Crippen molar-refractivity contribution in [2.45, 2.75) is 19.5 Å². The van der Waals surface area contributed by atoms with Crippen molar-refractivity contribution in [3.05, 3.63) is 70.2 Å². The Bertz CT molecular complexity index is 686. The first-order valence-electron chi connectivity index (χ1n) is 8.48. The molecule has 0 aromatic heterocycles. The zero-order valence-corrected chi connectivity index (χ0v) is 18.7. The fourth-order valence-electron chi connectivity index (χ4n) is 2.55. The van der Waals surface area contributed by atoms with Gasteiger partial charge in [0.2, 0.25) is 0 Å². The predicted molar refractivity (Wildman–Crippen MR) is 123 cm³/mol. The summed E-state index contributed by atoms with van der Waals surface area (Å²) >= 11 is 6.01. The van der Waals surface area contributed by atoms with E-state index in [9.17, 15) is 0 Å². The van der Waals surface area contributed by atoms with Gasteiger partial charge in [-0.2, -0.15) is 0 Å². The molecule has 2 rings (SSSR count). The van der Waals surface area contributed by atoms with Gasteiger partial charge >= 0.3 is 0 Å². The predicted octanol–water partition coefficient (Wildman–Crippen LogP) is 3.93. The van der Waals surface area contributed by atoms with Crippen molar-refractivity contribution in [2.24, 2.45) is 4.99 Å². The fraction of sp³-hybridized carbons (Fsp3) is 0.350. The second-order valence-corrected chi connectivity index (χ2v) is 6.72. The maximum atomic E-state index is 6.01. The van der Waals surface area contributed by atoms with Gasteiger partial charge in [0.25, 0.3) is 0 Å². The van der Waals surface area contributed by atoms with E-state index < -0.39 is 0 Å². The number of guanidine groups is 1. The lowest BCUT2D eigenvalue weighted by molar-refractivity contribution is 0.402. The number of hydrogen-bond donors (Lipinski definition) is 2. The van der Waals surface area contributed by atoms with Crippen LogP contribution in [0.3, 0.4) is 0 Å². The molecule has 2 aromatic rings. The second-order valence-electron chi connectivity index (χ2n) is 6.29. The smallest absolute Gasteiger partial charge is 0.191 e. The van der Waals surface area contributed by atoms with E-state index in [2.05, 4.69) is 65.0 Å². The van der Waals surface area contributed by atoms with Crippen molar-refractivity contribution < 1.29 is 0 Å². The van der Waals surface area contributed by atoms with Crippen molar-refractivity contribution in [3.63, 3.8) is 0 Å². The molecule has 0 atom stereocenters. The number of benzene rings is 2. The maximum Gasteiger partial charge on any atom is 0.191 e. The van der Waals surface area contributed by atoms with Gasteiger partial charge in [-0.1, -0.05) is 48.0 Å². The highest BCUT2D eigenvalue weighted by atomic mass is 127. The highest BCUT2D eigenvalue weighted by Crippen LogP contribution is 2.10. The van der Waals surface area contributed by atoms with E-state index in [4.69, 9.17) is 11.6 Å². The third-order valence-corrected chi connectivity index (χ3v) is 4.04. The minimum absolute atomic E-state index is 0. The van der Waals surface area contributed by atoms with Gasteiger partial charge in [0.1, 0.15) is 0 Å². The monoisotopic (exact) mass is 486 g/mol. The van der Waals surface area contributed by atoms with Crippen LogP contribution in [0.2, 0.25) is 5.02 Å². The number of rotatable bonds is 7. The van der Waals surface area contributed by atoms with Crippen LogP contribution in [0, 0.1) is 0 Å². The molecule has 0 saturated carbocycles. The molecule has 0 aliphatic heterocycles. The summed E-state index contributed by atoms with van der Waals surface area (Å²) in [6.07, 6.45) is 0.903. The van der Waals surface area contributed by atoms with Crippen LogP contribution in [0.25, 0.3) is 0 Å². The van der Waals surface area contributed by atoms with E-state index >= 15 is 0 Å². The van der Waals surface area contributed by atoms with Crippen molar-refractivity contribution >= 4 is 41.5 Å². The Hall–Kier alpha value is -1.31. The van der Waals surface area contributed by atoms with Gasteiger partial charge in [0, 0.05) is 31.7 Å². The molecule has 0 fully saturated rings. The molecule has 0 radical (unpaired) electrons. The molecule has 2 N–H and O–H groups in total. The number of aliphatic imine (C=N–C) groups is 1. The normalized spacial score (nSPS) is 11.2. The van der Waals surface area contributed by atoms with E-state index in [0.29, 0.717) is 0 Å². The minimum atomic E-state index is 0. The zero-order chi connectivity index (χ0) is 18.1. The molecule has 0 aliphatic rings. The average Bonchev–Trinajstić information content (AvgIpc) is 2.59. The number of nitrogens with zero attached hydrogens (tertiary/aromatic N) is 2. The van der Waals surface area contributed by atoms with Crippen LogP contribution >= 0.6 is 35.6 Å². The quantitative estimate of drug-likeness (QED) is 0.354. The summed E-state index contributed by atoms with van der Waals surface area (Å²) in [4.78, 5) is 6.44. The van der Waals surface area contributed by atoms with E-state index in [0.717, 1.165) is 37.0 Å². The van der Waals surface area contributed by atoms with Gasteiger partial charge in [-0.15, -0.1) is 24.0 Å². The molecule has 2 aromatic carbocycles. The Morgan fingerprint density at radius 2 is 1.69 bits per heavy atom. The van der Waals surface area contributed by atoms with E-state index in [1.807, 2.05) is 18.2 Å². The summed E-state index contributed by atoms with van der Waals surface area (Å²) in [5, 5.41) is 7.46. The van der Waals surface area contributed by atoms with E-state index in [1.165, 1.54) is 16.7 Å². The van der Waals surface area contributed by atoms with Crippen LogP contribution in [-0.4, -0.2) is 38.5 Å². The molecular formula is C20H28ClIN4. The largest absolute Gasteiger partial charge is 0.356 e. The third kappa shape index (κ3) is 8.38. The van der Waals surface area contributed by atoms with Gasteiger partial charge in [-0.25, -0.2) is 0 Å². The number of nitrogens with one attached hydrogen (secondary N) is 2. The van der Waals surface area contributed by atoms with Gasteiger partial charge in [-0.3, -0.25) is 4.99 Å². The molecule has 0 spiro atoms. The first-order chi connectivity index (χ1) is 12.1. The molecule has 4 nitrogen and oxygen atoms in total. The van der Waals surface area contributed by atoms with Crippen molar-refractivity contribution in [1.29, 1.82) is 0 Å². The third-order valence-electron chi connectivity index (χ3n) is 3.80. The Morgan fingerprint density at radius 3 is 2.31 bits per heavy atom. The number of halogens is 2. The lowest BCUT2D eigenvalue weighted by atomic mass is 10.1. The van der Waals surface area contributed by atoms with Gasteiger partial charge in [0.05, 0.1) is 0 Å². The fourth-order valence-corrected chi connectivity index (χ4v) is 2.76. The molecule has 0 amide bonds. The van der Waals surface area contributed by atoms with Crippen LogP contribution in [0.5, 0.6) is 0 Å². The van der Waals surface area contributed by atoms with Crippen LogP contribution in [-0.2, 0) is 19.5 Å². The highest BCUT2D eigenvalue weighted by molar-refractivity contribution is 14.0. The van der Waals surface area contributed by atoms with Gasteiger partial charge in [-0.05, 0) is 49.3 Å². The molecule has 0 heterocycles. The second kappa shape index (κ2) is 12.1. The van der Waals surface area contributed by atoms with Crippen LogP contribution in [0.15, 0.2) is 53.5 Å². The van der Waals surface area contributed by atoms with Crippen LogP contribution in [0.1, 0.15) is 16.7 Å². The van der Waals surface area contributed by atoms with Crippen molar-refractivity contribution in [1.82, 2.24) is 15.5 Å². The Labute approximate surface area is 179 Å². The molecule has 6 heteroatoms. The summed E-state index contributed by atoms with van der Waals surface area (Å²) in [6.45, 7) is 2.52. The zero-order valence-electron chi connectivity index (χ0n) is 15.6. The van der Waals surface area contributed by atoms with Crippen LogP contribution < -0.4 is 10.6 Å². The van der Waals surface area contributed by atoms with E-state index in [1.54, 1.807) is 7.05 Å². The SMILES string of the molecule is CN=C(NCCc1cccc(Cl)c1)NCc1ccc(CN(C)C)cc1.I. The molecule has 0 bridgehead atoms. The molecule has 0 saturated heterocycles. The summed E-state index contributed by atoms with van der Waals surface area (Å²) in [5.74, 6) is 0.805. The topological polar surface area (TPSA) is 39.7 Å². The van der Waals surface area contributed by atoms with Gasteiger partial charge in [0.15, 0.2) is 5.96 Å². The summed E-state index contributed by atoms with van der Waals surface area (Å²) in [6, 6.07) is 16.6. The Balaban J connectivity index is 0.00000338. The average molecular weight is 487 g/mol. The lowest BCUT2D eigenvalue weighted by Gasteiger charge is -2.13. The Kier molecular flexibility index (Phi) is 10.6. The molecular weight excluding hydrogens is 459 g/mol. The summed E-state index contributed by atoms with van der Waals surface area (Å²) in [7, 11) is 5.94. The molecule has 0 aliphatic carbocycles. The van der Waals surface area contributed by atoms with Gasteiger partial charge < -0.3 is 15.5 Å². The first kappa shape index (κ1) is 22.7. The summed E-state index contributed by atoms with van der Waals surface area (Å²) < 4.78 is 0. The number of hydrogen-bond acceptors (Lipinski definition) is 2. The molecule has 142 valence electrons. The standard InChI is InChI=1S/C20H27ClN4.HI/c1-22-20(23-12-11-16-5-4-6-19(21)13-16)24-14-17-7-9-18(10-8-17)15-25(2)3;/h4-10,13H,11-12,14-15H2,1-3H3,(H2,22,23,24);1H. The highest BCUT2D eigenvalue weighted by Gasteiger charge is 2.00.